The smallest absolute Gasteiger partial charge is 0.0252 e. The van der Waals surface area contributed by atoms with Crippen molar-refractivity contribution in [2.45, 2.75) is 58.2 Å². The van der Waals surface area contributed by atoms with Gasteiger partial charge in [0.2, 0.25) is 0 Å². The molecule has 2 aliphatic rings. The molecule has 0 N–H and O–H groups in total. The Morgan fingerprint density at radius 1 is 1.04 bits per heavy atom. The maximum Gasteiger partial charge on any atom is 0.0252 e. The second kappa shape index (κ2) is 7.47. The number of rotatable bonds is 5. The molecule has 134 valence electrons. The highest BCUT2D eigenvalue weighted by Gasteiger charge is 2.34. The molecule has 4 rings (SSSR count). The Hall–Kier alpha value is -1.38. The fourth-order valence-corrected chi connectivity index (χ4v) is 4.53. The number of hydrogen-bond acceptors (Lipinski definition) is 2. The van der Waals surface area contributed by atoms with Crippen LogP contribution in [0.1, 0.15) is 45.1 Å². The Bertz CT molecular complexity index is 706. The first-order valence-corrected chi connectivity index (χ1v) is 10.2. The number of hydrogen-bond donors (Lipinski definition) is 0. The minimum atomic E-state index is 0.700. The van der Waals surface area contributed by atoms with E-state index in [1.807, 2.05) is 0 Å². The molecule has 1 saturated heterocycles. The zero-order chi connectivity index (χ0) is 17.2. The predicted octanol–water partition coefficient (Wildman–Crippen LogP) is 4.92. The summed E-state index contributed by atoms with van der Waals surface area (Å²) in [7, 11) is 0. The van der Waals surface area contributed by atoms with Crippen LogP contribution in [0, 0.1) is 5.92 Å². The minimum absolute atomic E-state index is 0.700. The fraction of sp³-hybridized carbons (Fsp3) is 0.565. The predicted molar refractivity (Wildman–Crippen MR) is 107 cm³/mol. The quantitative estimate of drug-likeness (QED) is 0.764. The van der Waals surface area contributed by atoms with Gasteiger partial charge in [0, 0.05) is 38.3 Å². The van der Waals surface area contributed by atoms with E-state index in [1.165, 1.54) is 61.7 Å². The van der Waals surface area contributed by atoms with Crippen LogP contribution < -0.4 is 0 Å². The highest BCUT2D eigenvalue weighted by molar-refractivity contribution is 5.82. The molecular formula is C23H32N2. The third-order valence-electron chi connectivity index (χ3n) is 6.66. The van der Waals surface area contributed by atoms with Gasteiger partial charge in [-0.1, -0.05) is 63.1 Å². The molecule has 2 nitrogen and oxygen atoms in total. The van der Waals surface area contributed by atoms with Crippen molar-refractivity contribution in [2.24, 2.45) is 5.92 Å². The van der Waals surface area contributed by atoms with E-state index >= 15 is 0 Å². The molecule has 1 aliphatic heterocycles. The fourth-order valence-electron chi connectivity index (χ4n) is 4.53. The third-order valence-corrected chi connectivity index (χ3v) is 6.66. The highest BCUT2D eigenvalue weighted by atomic mass is 15.3. The molecule has 2 aromatic rings. The molecular weight excluding hydrogens is 304 g/mol. The van der Waals surface area contributed by atoms with Crippen molar-refractivity contribution >= 4 is 10.8 Å². The minimum Gasteiger partial charge on any atom is -0.298 e. The lowest BCUT2D eigenvalue weighted by molar-refractivity contribution is -0.000276. The van der Waals surface area contributed by atoms with E-state index in [4.69, 9.17) is 0 Å². The molecule has 2 heteroatoms. The Labute approximate surface area is 152 Å². The standard InChI is InChI=1S/C23H32N2/c1-3-18(2)23-17-24(22-9-6-10-22)13-14-25(23)16-19-11-12-20-7-4-5-8-21(20)15-19/h4-5,7-8,11-12,15,18,22-23H,3,6,9-10,13-14,16-17H2,1-2H3. The van der Waals surface area contributed by atoms with E-state index in [0.717, 1.165) is 18.5 Å². The summed E-state index contributed by atoms with van der Waals surface area (Å²) < 4.78 is 0. The van der Waals surface area contributed by atoms with Crippen molar-refractivity contribution in [3.63, 3.8) is 0 Å². The van der Waals surface area contributed by atoms with E-state index < -0.39 is 0 Å². The first-order chi connectivity index (χ1) is 12.2. The van der Waals surface area contributed by atoms with E-state index in [2.05, 4.69) is 66.1 Å². The SMILES string of the molecule is CCC(C)C1CN(C2CCC2)CCN1Cc1ccc2ccccc2c1. The molecule has 1 heterocycles. The van der Waals surface area contributed by atoms with Gasteiger partial charge >= 0.3 is 0 Å². The lowest BCUT2D eigenvalue weighted by Crippen LogP contribution is -2.58. The maximum atomic E-state index is 2.79. The van der Waals surface area contributed by atoms with Crippen molar-refractivity contribution in [3.05, 3.63) is 48.0 Å². The molecule has 1 aliphatic carbocycles. The van der Waals surface area contributed by atoms with Gasteiger partial charge in [-0.25, -0.2) is 0 Å². The van der Waals surface area contributed by atoms with Gasteiger partial charge in [0.15, 0.2) is 0 Å². The lowest BCUT2D eigenvalue weighted by atomic mass is 9.88. The largest absolute Gasteiger partial charge is 0.298 e. The first kappa shape index (κ1) is 17.1. The monoisotopic (exact) mass is 336 g/mol. The second-order valence-corrected chi connectivity index (χ2v) is 8.18. The maximum absolute atomic E-state index is 2.79. The van der Waals surface area contributed by atoms with Crippen LogP contribution in [0.5, 0.6) is 0 Å². The molecule has 2 atom stereocenters. The summed E-state index contributed by atoms with van der Waals surface area (Å²) in [4.78, 5) is 5.55. The van der Waals surface area contributed by atoms with Crippen LogP contribution in [0.25, 0.3) is 10.8 Å². The highest BCUT2D eigenvalue weighted by Crippen LogP contribution is 2.30. The van der Waals surface area contributed by atoms with Gasteiger partial charge in [-0.05, 0) is 41.2 Å². The van der Waals surface area contributed by atoms with Gasteiger partial charge in [0.25, 0.3) is 0 Å². The van der Waals surface area contributed by atoms with Gasteiger partial charge < -0.3 is 0 Å². The summed E-state index contributed by atoms with van der Waals surface area (Å²) in [5.74, 6) is 0.767. The van der Waals surface area contributed by atoms with E-state index in [1.54, 1.807) is 0 Å². The zero-order valence-electron chi connectivity index (χ0n) is 15.8. The Kier molecular flexibility index (Phi) is 5.10. The summed E-state index contributed by atoms with van der Waals surface area (Å²) in [6.45, 7) is 9.64. The summed E-state index contributed by atoms with van der Waals surface area (Å²) >= 11 is 0. The zero-order valence-corrected chi connectivity index (χ0v) is 15.8. The van der Waals surface area contributed by atoms with Crippen LogP contribution in [0.2, 0.25) is 0 Å². The molecule has 2 aromatic carbocycles. The molecule has 25 heavy (non-hydrogen) atoms. The van der Waals surface area contributed by atoms with Crippen molar-refractivity contribution < 1.29 is 0 Å². The third kappa shape index (κ3) is 3.61. The lowest BCUT2D eigenvalue weighted by Gasteiger charge is -2.48. The van der Waals surface area contributed by atoms with E-state index in [-0.39, 0.29) is 0 Å². The van der Waals surface area contributed by atoms with Crippen molar-refractivity contribution in [1.82, 2.24) is 9.80 Å². The van der Waals surface area contributed by atoms with Gasteiger partial charge in [-0.2, -0.15) is 0 Å². The number of benzene rings is 2. The van der Waals surface area contributed by atoms with Crippen molar-refractivity contribution in [1.29, 1.82) is 0 Å². The normalized spacial score (nSPS) is 24.3. The van der Waals surface area contributed by atoms with Gasteiger partial charge in [0.05, 0.1) is 0 Å². The van der Waals surface area contributed by atoms with E-state index in [0.29, 0.717) is 6.04 Å². The van der Waals surface area contributed by atoms with Crippen LogP contribution in [-0.4, -0.2) is 41.5 Å². The Morgan fingerprint density at radius 2 is 1.84 bits per heavy atom. The summed E-state index contributed by atoms with van der Waals surface area (Å²) in [5, 5.41) is 2.72. The molecule has 1 saturated carbocycles. The molecule has 0 bridgehead atoms. The summed E-state index contributed by atoms with van der Waals surface area (Å²) in [6, 6.07) is 17.3. The summed E-state index contributed by atoms with van der Waals surface area (Å²) in [5.41, 5.74) is 1.46. The van der Waals surface area contributed by atoms with E-state index in [9.17, 15) is 0 Å². The Morgan fingerprint density at radius 3 is 2.56 bits per heavy atom. The van der Waals surface area contributed by atoms with Crippen LogP contribution in [0.4, 0.5) is 0 Å². The van der Waals surface area contributed by atoms with Crippen molar-refractivity contribution in [2.75, 3.05) is 19.6 Å². The van der Waals surface area contributed by atoms with Gasteiger partial charge in [-0.15, -0.1) is 0 Å². The van der Waals surface area contributed by atoms with Crippen LogP contribution >= 0.6 is 0 Å². The molecule has 0 amide bonds. The average molecular weight is 337 g/mol. The second-order valence-electron chi connectivity index (χ2n) is 8.18. The first-order valence-electron chi connectivity index (χ1n) is 10.2. The van der Waals surface area contributed by atoms with Crippen LogP contribution in [0.15, 0.2) is 42.5 Å². The number of fused-ring (bicyclic) bond motifs is 1. The van der Waals surface area contributed by atoms with Crippen molar-refractivity contribution in [3.8, 4) is 0 Å². The Balaban J connectivity index is 1.50. The molecule has 2 fully saturated rings. The summed E-state index contributed by atoms with van der Waals surface area (Å²) in [6.07, 6.45) is 5.57. The van der Waals surface area contributed by atoms with Gasteiger partial charge in [-0.3, -0.25) is 9.80 Å². The number of nitrogens with zero attached hydrogens (tertiary/aromatic N) is 2. The van der Waals surface area contributed by atoms with Crippen LogP contribution in [-0.2, 0) is 6.54 Å². The molecule has 2 unspecified atom stereocenters. The average Bonchev–Trinajstić information content (AvgIpc) is 2.60. The van der Waals surface area contributed by atoms with Gasteiger partial charge in [0.1, 0.15) is 0 Å². The topological polar surface area (TPSA) is 6.48 Å². The molecule has 0 radical (unpaired) electrons. The molecule has 0 spiro atoms. The molecule has 0 aromatic heterocycles. The number of piperazine rings is 1. The van der Waals surface area contributed by atoms with Crippen LogP contribution in [0.3, 0.4) is 0 Å².